The van der Waals surface area contributed by atoms with Crippen molar-refractivity contribution in [1.29, 1.82) is 0 Å². The topological polar surface area (TPSA) is 109 Å². The van der Waals surface area contributed by atoms with E-state index in [1.165, 1.54) is 6.21 Å². The van der Waals surface area contributed by atoms with Crippen LogP contribution in [0.1, 0.15) is 16.7 Å². The minimum atomic E-state index is -0.866. The molecule has 0 saturated carbocycles. The monoisotopic (exact) mass is 492 g/mol. The number of aryl methyl sites for hydroxylation is 1. The Kier molecular flexibility index (Phi) is 9.39. The van der Waals surface area contributed by atoms with Crippen LogP contribution < -0.4 is 20.8 Å². The molecule has 0 aliphatic carbocycles. The van der Waals surface area contributed by atoms with Crippen LogP contribution in [0.25, 0.3) is 0 Å². The van der Waals surface area contributed by atoms with Gasteiger partial charge in [-0.15, -0.1) is 0 Å². The maximum atomic E-state index is 12.2. The molecule has 3 aromatic rings. The lowest BCUT2D eigenvalue weighted by Gasteiger charge is -2.10. The first-order valence-corrected chi connectivity index (χ1v) is 11.2. The van der Waals surface area contributed by atoms with E-state index in [0.717, 1.165) is 11.1 Å². The number of ether oxygens (including phenoxy) is 1. The largest absolute Gasteiger partial charge is 0.484 e. The van der Waals surface area contributed by atoms with Gasteiger partial charge < -0.3 is 15.4 Å². The molecule has 0 fully saturated rings. The van der Waals surface area contributed by atoms with Crippen molar-refractivity contribution < 1.29 is 19.1 Å². The van der Waals surface area contributed by atoms with Gasteiger partial charge in [0.2, 0.25) is 0 Å². The highest BCUT2D eigenvalue weighted by atomic mass is 35.5. The van der Waals surface area contributed by atoms with Crippen LogP contribution in [0.4, 0.5) is 5.69 Å². The van der Waals surface area contributed by atoms with Crippen molar-refractivity contribution >= 4 is 41.2 Å². The summed E-state index contributed by atoms with van der Waals surface area (Å²) in [6, 6.07) is 21.6. The molecule has 0 atom stereocenters. The van der Waals surface area contributed by atoms with Crippen molar-refractivity contribution in [3.05, 3.63) is 94.5 Å². The number of nitrogens with one attached hydrogen (secondary N) is 3. The number of benzene rings is 3. The van der Waals surface area contributed by atoms with Crippen LogP contribution in [0.15, 0.2) is 77.9 Å². The smallest absolute Gasteiger partial charge is 0.329 e. The van der Waals surface area contributed by atoms with Crippen LogP contribution >= 0.6 is 11.6 Å². The van der Waals surface area contributed by atoms with Gasteiger partial charge >= 0.3 is 11.8 Å². The lowest BCUT2D eigenvalue weighted by molar-refractivity contribution is -0.139. The fourth-order valence-electron chi connectivity index (χ4n) is 3.01. The summed E-state index contributed by atoms with van der Waals surface area (Å²) in [5.74, 6) is -1.53. The summed E-state index contributed by atoms with van der Waals surface area (Å²) in [7, 11) is 0. The number of nitrogens with zero attached hydrogens (tertiary/aromatic N) is 1. The molecule has 0 spiro atoms. The highest BCUT2D eigenvalue weighted by molar-refractivity contribution is 6.35. The Morgan fingerprint density at radius 2 is 1.77 bits per heavy atom. The van der Waals surface area contributed by atoms with E-state index in [1.54, 1.807) is 36.4 Å². The Balaban J connectivity index is 1.43. The van der Waals surface area contributed by atoms with Crippen molar-refractivity contribution in [2.45, 2.75) is 13.3 Å². The number of carbonyl (C=O) groups is 3. The van der Waals surface area contributed by atoms with Crippen molar-refractivity contribution in [2.75, 3.05) is 18.5 Å². The van der Waals surface area contributed by atoms with Gasteiger partial charge in [-0.1, -0.05) is 60.1 Å². The summed E-state index contributed by atoms with van der Waals surface area (Å²) in [5.41, 5.74) is 5.36. The molecule has 0 unspecified atom stereocenters. The number of carbonyl (C=O) groups excluding carboxylic acids is 3. The molecule has 3 amide bonds. The second-order valence-corrected chi connectivity index (χ2v) is 8.00. The van der Waals surface area contributed by atoms with Gasteiger partial charge in [-0.3, -0.25) is 14.4 Å². The number of hydrogen-bond donors (Lipinski definition) is 3. The Morgan fingerprint density at radius 1 is 0.971 bits per heavy atom. The Labute approximate surface area is 208 Å². The summed E-state index contributed by atoms with van der Waals surface area (Å²) in [6.45, 7) is 2.00. The summed E-state index contributed by atoms with van der Waals surface area (Å²) in [4.78, 5) is 36.0. The van der Waals surface area contributed by atoms with Gasteiger partial charge in [0.1, 0.15) is 5.75 Å². The molecule has 0 aliphatic heterocycles. The van der Waals surface area contributed by atoms with Crippen LogP contribution in [0.3, 0.4) is 0 Å². The van der Waals surface area contributed by atoms with Crippen molar-refractivity contribution in [2.24, 2.45) is 5.10 Å². The normalized spacial score (nSPS) is 10.6. The number of hydrazone groups is 1. The summed E-state index contributed by atoms with van der Waals surface area (Å²) >= 11 is 5.97. The van der Waals surface area contributed by atoms with Gasteiger partial charge in [0.25, 0.3) is 5.91 Å². The van der Waals surface area contributed by atoms with E-state index >= 15 is 0 Å². The third-order valence-corrected chi connectivity index (χ3v) is 5.06. The third kappa shape index (κ3) is 8.60. The molecule has 0 radical (unpaired) electrons. The van der Waals surface area contributed by atoms with E-state index in [9.17, 15) is 14.4 Å². The zero-order valence-corrected chi connectivity index (χ0v) is 19.8. The Hall–Kier alpha value is -4.17. The van der Waals surface area contributed by atoms with Crippen molar-refractivity contribution in [1.82, 2.24) is 10.7 Å². The molecule has 0 saturated heterocycles. The molecular weight excluding hydrogens is 468 g/mol. The summed E-state index contributed by atoms with van der Waals surface area (Å²) in [5, 5.41) is 9.64. The molecule has 3 rings (SSSR count). The zero-order valence-electron chi connectivity index (χ0n) is 19.1. The number of rotatable bonds is 9. The molecule has 0 aromatic heterocycles. The molecule has 180 valence electrons. The molecule has 3 N–H and O–H groups in total. The predicted molar refractivity (Wildman–Crippen MR) is 136 cm³/mol. The Bertz CT molecular complexity index is 1210. The van der Waals surface area contributed by atoms with Gasteiger partial charge in [0.05, 0.1) is 6.21 Å². The highest BCUT2D eigenvalue weighted by Crippen LogP contribution is 2.20. The predicted octanol–water partition coefficient (Wildman–Crippen LogP) is 3.47. The number of halogens is 1. The van der Waals surface area contributed by atoms with E-state index in [2.05, 4.69) is 21.2 Å². The van der Waals surface area contributed by atoms with Gasteiger partial charge in [0, 0.05) is 17.3 Å². The Morgan fingerprint density at radius 3 is 2.57 bits per heavy atom. The summed E-state index contributed by atoms with van der Waals surface area (Å²) < 4.78 is 5.54. The van der Waals surface area contributed by atoms with E-state index in [1.807, 2.05) is 43.3 Å². The first-order valence-electron chi connectivity index (χ1n) is 10.8. The molecule has 3 aromatic carbocycles. The molecule has 9 heteroatoms. The van der Waals surface area contributed by atoms with E-state index in [4.69, 9.17) is 16.3 Å². The lowest BCUT2D eigenvalue weighted by Crippen LogP contribution is -2.38. The number of hydrogen-bond acceptors (Lipinski definition) is 5. The molecule has 35 heavy (non-hydrogen) atoms. The van der Waals surface area contributed by atoms with Gasteiger partial charge in [-0.2, -0.15) is 5.10 Å². The van der Waals surface area contributed by atoms with Gasteiger partial charge in [-0.05, 0) is 54.3 Å². The van der Waals surface area contributed by atoms with Crippen molar-refractivity contribution in [3.63, 3.8) is 0 Å². The van der Waals surface area contributed by atoms with Crippen molar-refractivity contribution in [3.8, 4) is 5.75 Å². The first kappa shape index (κ1) is 25.5. The van der Waals surface area contributed by atoms with Crippen LogP contribution in [0, 0.1) is 6.92 Å². The summed E-state index contributed by atoms with van der Waals surface area (Å²) in [6.07, 6.45) is 1.99. The second kappa shape index (κ2) is 12.9. The minimum Gasteiger partial charge on any atom is -0.484 e. The lowest BCUT2D eigenvalue weighted by atomic mass is 10.1. The third-order valence-electron chi connectivity index (χ3n) is 4.83. The van der Waals surface area contributed by atoms with E-state index in [-0.39, 0.29) is 12.5 Å². The first-order chi connectivity index (χ1) is 16.9. The number of amides is 3. The van der Waals surface area contributed by atoms with Crippen LogP contribution in [0.2, 0.25) is 5.02 Å². The minimum absolute atomic E-state index is 0.202. The molecule has 8 nitrogen and oxygen atoms in total. The average Bonchev–Trinajstić information content (AvgIpc) is 2.86. The quantitative estimate of drug-likeness (QED) is 0.241. The molecule has 0 bridgehead atoms. The number of anilines is 1. The average molecular weight is 493 g/mol. The second-order valence-electron chi connectivity index (χ2n) is 7.56. The van der Waals surface area contributed by atoms with Crippen LogP contribution in [-0.2, 0) is 20.8 Å². The van der Waals surface area contributed by atoms with Gasteiger partial charge in [-0.25, -0.2) is 5.43 Å². The van der Waals surface area contributed by atoms with E-state index in [0.29, 0.717) is 35.0 Å². The van der Waals surface area contributed by atoms with E-state index < -0.39 is 11.8 Å². The van der Waals surface area contributed by atoms with Gasteiger partial charge in [0.15, 0.2) is 6.61 Å². The highest BCUT2D eigenvalue weighted by Gasteiger charge is 2.11. The maximum absolute atomic E-state index is 12.2. The molecular formula is C26H25ClN4O4. The fourth-order valence-corrected chi connectivity index (χ4v) is 3.18. The standard InChI is InChI=1S/C26H25ClN4O4/c1-18-10-11-21(27)15-23(18)30-24(32)17-35-22-9-5-8-20(14-22)16-29-31-26(34)25(33)28-13-12-19-6-3-2-4-7-19/h2-11,14-16H,12-13,17H2,1H3,(H,28,33)(H,30,32)(H,31,34)/b29-16-. The SMILES string of the molecule is Cc1ccc(Cl)cc1NC(=O)COc1cccc(/C=N\NC(=O)C(=O)NCCc2ccccc2)c1. The zero-order chi connectivity index (χ0) is 25.0. The maximum Gasteiger partial charge on any atom is 0.329 e. The van der Waals surface area contributed by atoms with Crippen LogP contribution in [0.5, 0.6) is 5.75 Å². The fraction of sp³-hybridized carbons (Fsp3) is 0.154. The molecule has 0 heterocycles. The molecule has 0 aliphatic rings. The van der Waals surface area contributed by atoms with Crippen LogP contribution in [-0.4, -0.2) is 37.1 Å².